The molecule has 10 heteroatoms. The van der Waals surface area contributed by atoms with Crippen LogP contribution in [0.4, 0.5) is 0 Å². The molecule has 1 atom stereocenters. The lowest BCUT2D eigenvalue weighted by Crippen LogP contribution is -2.33. The molecule has 0 unspecified atom stereocenters. The normalized spacial score (nSPS) is 12.1. The average molecular weight is 505 g/mol. The van der Waals surface area contributed by atoms with E-state index in [1.165, 1.54) is 4.68 Å². The number of esters is 1. The molecule has 4 aromatic rings. The molecule has 0 aliphatic rings. The van der Waals surface area contributed by atoms with Crippen molar-refractivity contribution >= 4 is 16.9 Å². The first-order chi connectivity index (χ1) is 17.9. The van der Waals surface area contributed by atoms with Gasteiger partial charge >= 0.3 is 5.97 Å². The molecule has 0 amide bonds. The van der Waals surface area contributed by atoms with Gasteiger partial charge in [0.15, 0.2) is 5.82 Å². The number of nitrogens with one attached hydrogen (secondary N) is 1. The number of ether oxygens (including phenoxy) is 2. The van der Waals surface area contributed by atoms with Gasteiger partial charge in [-0.2, -0.15) is 0 Å². The smallest absolute Gasteiger partial charge is 0.327 e. The number of carbonyl (C=O) groups excluding carboxylic acids is 1. The van der Waals surface area contributed by atoms with Crippen molar-refractivity contribution in [3.05, 3.63) is 81.4 Å². The second-order valence-electron chi connectivity index (χ2n) is 8.86. The van der Waals surface area contributed by atoms with Gasteiger partial charge in [0.05, 0.1) is 19.8 Å². The van der Waals surface area contributed by atoms with Crippen molar-refractivity contribution in [1.82, 2.24) is 30.1 Å². The van der Waals surface area contributed by atoms with Crippen molar-refractivity contribution in [2.45, 2.75) is 52.9 Å². The number of H-pyrrole nitrogens is 1. The lowest BCUT2D eigenvalue weighted by molar-refractivity contribution is -0.144. The molecule has 0 saturated heterocycles. The van der Waals surface area contributed by atoms with E-state index in [1.807, 2.05) is 62.4 Å². The van der Waals surface area contributed by atoms with Crippen LogP contribution in [0.15, 0.2) is 53.3 Å². The predicted molar refractivity (Wildman–Crippen MR) is 139 cm³/mol. The minimum atomic E-state index is -0.413. The van der Waals surface area contributed by atoms with Gasteiger partial charge in [-0.1, -0.05) is 37.3 Å². The summed E-state index contributed by atoms with van der Waals surface area (Å²) in [5, 5.41) is 13.1. The zero-order valence-electron chi connectivity index (χ0n) is 21.6. The Bertz CT molecular complexity index is 1430. The Morgan fingerprint density at radius 2 is 1.89 bits per heavy atom. The highest BCUT2D eigenvalue weighted by Gasteiger charge is 2.27. The van der Waals surface area contributed by atoms with Crippen LogP contribution in [-0.2, 0) is 29.2 Å². The third kappa shape index (κ3) is 6.03. The Morgan fingerprint density at radius 3 is 2.65 bits per heavy atom. The number of aryl methyl sites for hydroxylation is 1. The first-order valence-electron chi connectivity index (χ1n) is 12.3. The molecule has 0 spiro atoms. The molecule has 0 saturated carbocycles. The summed E-state index contributed by atoms with van der Waals surface area (Å²) in [5.74, 6) is 0.859. The summed E-state index contributed by atoms with van der Waals surface area (Å²) in [7, 11) is 1.64. The molecule has 0 fully saturated rings. The lowest BCUT2D eigenvalue weighted by Gasteiger charge is -2.30. The Kier molecular flexibility index (Phi) is 8.29. The molecule has 10 nitrogen and oxygen atoms in total. The van der Waals surface area contributed by atoms with E-state index in [0.717, 1.165) is 27.8 Å². The van der Waals surface area contributed by atoms with E-state index in [9.17, 15) is 9.59 Å². The van der Waals surface area contributed by atoms with Crippen molar-refractivity contribution in [1.29, 1.82) is 0 Å². The molecule has 2 heterocycles. The van der Waals surface area contributed by atoms with Gasteiger partial charge in [0, 0.05) is 29.7 Å². The minimum Gasteiger partial charge on any atom is -0.496 e. The summed E-state index contributed by atoms with van der Waals surface area (Å²) in [6, 6.07) is 15.4. The Balaban J connectivity index is 1.74. The zero-order chi connectivity index (χ0) is 26.4. The zero-order valence-corrected chi connectivity index (χ0v) is 21.6. The molecule has 0 aliphatic carbocycles. The summed E-state index contributed by atoms with van der Waals surface area (Å²) >= 11 is 0. The van der Waals surface area contributed by atoms with Crippen molar-refractivity contribution in [2.24, 2.45) is 0 Å². The molecule has 2 aromatic carbocycles. The highest BCUT2D eigenvalue weighted by Crippen LogP contribution is 2.29. The number of nitrogens with zero attached hydrogens (tertiary/aromatic N) is 5. The van der Waals surface area contributed by atoms with Crippen LogP contribution in [0, 0.1) is 6.92 Å². The van der Waals surface area contributed by atoms with Crippen molar-refractivity contribution < 1.29 is 14.3 Å². The van der Waals surface area contributed by atoms with Crippen molar-refractivity contribution in [3.8, 4) is 5.75 Å². The maximum atomic E-state index is 13.1. The van der Waals surface area contributed by atoms with Crippen molar-refractivity contribution in [2.75, 3.05) is 13.7 Å². The quantitative estimate of drug-likeness (QED) is 0.308. The third-order valence-corrected chi connectivity index (χ3v) is 6.29. The summed E-state index contributed by atoms with van der Waals surface area (Å²) in [6.45, 7) is 6.76. The average Bonchev–Trinajstić information content (AvgIpc) is 3.33. The largest absolute Gasteiger partial charge is 0.496 e. The van der Waals surface area contributed by atoms with Gasteiger partial charge in [-0.05, 0) is 59.8 Å². The number of aromatic nitrogens is 5. The number of methoxy groups -OCH3 is 1. The number of hydrogen-bond acceptors (Lipinski definition) is 8. The van der Waals surface area contributed by atoms with Crippen LogP contribution >= 0.6 is 0 Å². The molecule has 0 radical (unpaired) electrons. The fourth-order valence-electron chi connectivity index (χ4n) is 4.52. The molecule has 0 bridgehead atoms. The number of fused-ring (bicyclic) bond motifs is 1. The number of pyridine rings is 1. The number of para-hydroxylation sites is 1. The minimum absolute atomic E-state index is 0.0922. The highest BCUT2D eigenvalue weighted by atomic mass is 16.5. The number of aromatic amines is 1. The van der Waals surface area contributed by atoms with Gasteiger partial charge in [-0.15, -0.1) is 5.10 Å². The van der Waals surface area contributed by atoms with Gasteiger partial charge in [-0.25, -0.2) is 4.68 Å². The van der Waals surface area contributed by atoms with E-state index in [1.54, 1.807) is 14.0 Å². The molecule has 1 N–H and O–H groups in total. The Labute approximate surface area is 215 Å². The van der Waals surface area contributed by atoms with Gasteiger partial charge in [0.2, 0.25) is 0 Å². The molecule has 194 valence electrons. The third-order valence-electron chi connectivity index (χ3n) is 6.29. The van der Waals surface area contributed by atoms with Gasteiger partial charge in [-0.3, -0.25) is 14.5 Å². The van der Waals surface area contributed by atoms with E-state index in [2.05, 4.69) is 25.4 Å². The molecule has 37 heavy (non-hydrogen) atoms. The van der Waals surface area contributed by atoms with Crippen LogP contribution in [-0.4, -0.2) is 49.8 Å². The molecule has 0 aliphatic heterocycles. The topological polar surface area (TPSA) is 115 Å². The second kappa shape index (κ2) is 11.8. The number of rotatable bonds is 11. The number of carbonyl (C=O) groups is 1. The lowest BCUT2D eigenvalue weighted by atomic mass is 10.1. The van der Waals surface area contributed by atoms with E-state index < -0.39 is 5.97 Å². The van der Waals surface area contributed by atoms with E-state index in [0.29, 0.717) is 30.9 Å². The fraction of sp³-hybridized carbons (Fsp3) is 0.370. The standard InChI is InChI=1S/C27H32N6O4/c1-5-23(26-29-30-31-33(26)17-25(34)37-6-2)32(15-20-9-7-8-10-24(20)36-4)16-21-14-19-12-11-18(3)13-22(19)28-27(21)35/h7-14,23H,5-6,15-17H2,1-4H3,(H,28,35)/t23-/m1/s1. The number of hydrogen-bond donors (Lipinski definition) is 1. The summed E-state index contributed by atoms with van der Waals surface area (Å²) in [6.07, 6.45) is 0.642. The molecule has 2 aromatic heterocycles. The Morgan fingerprint density at radius 1 is 1.11 bits per heavy atom. The predicted octanol–water partition coefficient (Wildman–Crippen LogP) is 3.55. The maximum Gasteiger partial charge on any atom is 0.327 e. The monoisotopic (exact) mass is 504 g/mol. The number of tetrazole rings is 1. The van der Waals surface area contributed by atoms with Gasteiger partial charge in [0.25, 0.3) is 5.56 Å². The van der Waals surface area contributed by atoms with Gasteiger partial charge < -0.3 is 14.5 Å². The van der Waals surface area contributed by atoms with E-state index >= 15 is 0 Å². The first-order valence-corrected chi connectivity index (χ1v) is 12.3. The Hall–Kier alpha value is -4.05. The van der Waals surface area contributed by atoms with Crippen LogP contribution in [0.2, 0.25) is 0 Å². The van der Waals surface area contributed by atoms with Crippen LogP contribution in [0.1, 0.15) is 48.8 Å². The summed E-state index contributed by atoms with van der Waals surface area (Å²) in [4.78, 5) is 30.5. The highest BCUT2D eigenvalue weighted by molar-refractivity contribution is 5.79. The van der Waals surface area contributed by atoms with Crippen LogP contribution in [0.25, 0.3) is 10.9 Å². The maximum absolute atomic E-state index is 13.1. The summed E-state index contributed by atoms with van der Waals surface area (Å²) < 4.78 is 12.2. The van der Waals surface area contributed by atoms with E-state index in [4.69, 9.17) is 9.47 Å². The first kappa shape index (κ1) is 26.0. The van der Waals surface area contributed by atoms with E-state index in [-0.39, 0.29) is 24.8 Å². The fourth-order valence-corrected chi connectivity index (χ4v) is 4.52. The number of benzene rings is 2. The van der Waals surface area contributed by atoms with Gasteiger partial charge in [0.1, 0.15) is 12.3 Å². The van der Waals surface area contributed by atoms with Crippen molar-refractivity contribution in [3.63, 3.8) is 0 Å². The second-order valence-corrected chi connectivity index (χ2v) is 8.86. The molecular weight excluding hydrogens is 472 g/mol. The van der Waals surface area contributed by atoms with Crippen LogP contribution < -0.4 is 10.3 Å². The SMILES string of the molecule is CCOC(=O)Cn1nnnc1[C@@H](CC)N(Cc1ccccc1OC)Cc1cc2ccc(C)cc2[nH]c1=O. The van der Waals surface area contributed by atoms with Crippen LogP contribution in [0.5, 0.6) is 5.75 Å². The molecule has 4 rings (SSSR count). The molecular formula is C27H32N6O4. The van der Waals surface area contributed by atoms with Crippen LogP contribution in [0.3, 0.4) is 0 Å². The summed E-state index contributed by atoms with van der Waals surface area (Å²) in [5.41, 5.74) is 3.31.